The Labute approximate surface area is 100 Å². The summed E-state index contributed by atoms with van der Waals surface area (Å²) in [6.45, 7) is 4.68. The van der Waals surface area contributed by atoms with Gasteiger partial charge >= 0.3 is 0 Å². The second-order valence-electron chi connectivity index (χ2n) is 4.53. The Morgan fingerprint density at radius 3 is 2.80 bits per heavy atom. The van der Waals surface area contributed by atoms with Crippen LogP contribution in [0.3, 0.4) is 0 Å². The van der Waals surface area contributed by atoms with Gasteiger partial charge in [0, 0.05) is 5.41 Å². The molecular formula is C14H13I. The second kappa shape index (κ2) is 3.14. The van der Waals surface area contributed by atoms with Crippen molar-refractivity contribution < 1.29 is 0 Å². The predicted molar refractivity (Wildman–Crippen MR) is 75.6 cm³/mol. The number of hydrogen-bond donors (Lipinski definition) is 0. The number of fused-ring (bicyclic) bond motifs is 2. The standard InChI is InChI=1S/C14H13I/c1-14(2)12-6-4-3-5-10(12)11-7-8-15-9-13(11)14/h3-9H,1-2H3. The van der Waals surface area contributed by atoms with Gasteiger partial charge in [-0.2, -0.15) is 0 Å². The van der Waals surface area contributed by atoms with Crippen molar-refractivity contribution in [2.75, 3.05) is 0 Å². The molecule has 0 radical (unpaired) electrons. The monoisotopic (exact) mass is 308 g/mol. The molecule has 0 saturated carbocycles. The zero-order valence-corrected chi connectivity index (χ0v) is 11.1. The molecule has 76 valence electrons. The molecule has 0 spiro atoms. The molecule has 0 N–H and O–H groups in total. The average Bonchev–Trinajstić information content (AvgIpc) is 2.51. The SMILES string of the molecule is CC1(C)C2=C(C=CI=C2)c2ccccc21. The maximum absolute atomic E-state index is 2.48. The molecule has 1 aromatic rings. The molecule has 0 saturated heterocycles. The number of hydrogen-bond acceptors (Lipinski definition) is 0. The molecule has 0 atom stereocenters. The fraction of sp³-hybridized carbons (Fsp3) is 0.214. The Bertz CT molecular complexity index is 516. The minimum absolute atomic E-state index is 0.154. The van der Waals surface area contributed by atoms with Gasteiger partial charge < -0.3 is 0 Å². The van der Waals surface area contributed by atoms with Crippen LogP contribution in [0.25, 0.3) is 5.57 Å². The molecule has 3 rings (SSSR count). The van der Waals surface area contributed by atoms with Crippen LogP contribution in [0.4, 0.5) is 0 Å². The van der Waals surface area contributed by atoms with E-state index in [9.17, 15) is 0 Å². The summed E-state index contributed by atoms with van der Waals surface area (Å²) in [6.07, 6.45) is 2.33. The minimum Gasteiger partial charge on any atom is -0.0934 e. The zero-order valence-electron chi connectivity index (χ0n) is 8.92. The summed E-state index contributed by atoms with van der Waals surface area (Å²) in [6, 6.07) is 8.81. The molecule has 0 unspecified atom stereocenters. The molecule has 1 aliphatic carbocycles. The van der Waals surface area contributed by atoms with Crippen molar-refractivity contribution in [1.29, 1.82) is 0 Å². The first-order valence-corrected chi connectivity index (χ1v) is 7.67. The highest BCUT2D eigenvalue weighted by Crippen LogP contribution is 2.47. The van der Waals surface area contributed by atoms with Gasteiger partial charge in [-0.25, -0.2) is 0 Å². The smallest absolute Gasteiger partial charge is 0.0163 e. The second-order valence-corrected chi connectivity index (χ2v) is 6.59. The Morgan fingerprint density at radius 1 is 1.13 bits per heavy atom. The molecule has 1 heterocycles. The highest BCUT2D eigenvalue weighted by atomic mass is 127. The first kappa shape index (κ1) is 9.52. The van der Waals surface area contributed by atoms with E-state index in [1.165, 1.54) is 16.7 Å². The van der Waals surface area contributed by atoms with Gasteiger partial charge in [-0.05, 0) is 36.4 Å². The zero-order chi connectivity index (χ0) is 10.5. The largest absolute Gasteiger partial charge is 0.0934 e. The van der Waals surface area contributed by atoms with Crippen LogP contribution in [-0.4, -0.2) is 4.01 Å². The molecule has 0 fully saturated rings. The lowest BCUT2D eigenvalue weighted by Crippen LogP contribution is -2.17. The number of benzene rings is 1. The van der Waals surface area contributed by atoms with E-state index in [2.05, 4.69) is 52.3 Å². The van der Waals surface area contributed by atoms with Crippen molar-refractivity contribution in [3.63, 3.8) is 0 Å². The maximum Gasteiger partial charge on any atom is 0.0163 e. The molecule has 0 bridgehead atoms. The van der Waals surface area contributed by atoms with Crippen molar-refractivity contribution in [2.24, 2.45) is 0 Å². The third-order valence-electron chi connectivity index (χ3n) is 3.33. The fourth-order valence-electron chi connectivity index (χ4n) is 2.46. The summed E-state index contributed by atoms with van der Waals surface area (Å²) in [4.78, 5) is 0. The lowest BCUT2D eigenvalue weighted by molar-refractivity contribution is 0.666. The van der Waals surface area contributed by atoms with Crippen LogP contribution >= 0.6 is 20.7 Å². The van der Waals surface area contributed by atoms with E-state index in [0.717, 1.165) is 0 Å². The van der Waals surface area contributed by atoms with Crippen LogP contribution in [0.2, 0.25) is 0 Å². The van der Waals surface area contributed by atoms with Crippen LogP contribution in [0.5, 0.6) is 0 Å². The van der Waals surface area contributed by atoms with E-state index in [1.54, 1.807) is 5.57 Å². The first-order valence-electron chi connectivity index (χ1n) is 5.17. The van der Waals surface area contributed by atoms with Crippen molar-refractivity contribution in [1.82, 2.24) is 0 Å². The van der Waals surface area contributed by atoms with Gasteiger partial charge in [0.05, 0.1) is 0 Å². The fourth-order valence-corrected chi connectivity index (χ4v) is 4.71. The minimum atomic E-state index is 0.154. The van der Waals surface area contributed by atoms with Gasteiger partial charge in [-0.15, -0.1) is 0 Å². The average molecular weight is 308 g/mol. The van der Waals surface area contributed by atoms with Gasteiger partial charge in [-0.3, -0.25) is 0 Å². The number of halogens is 1. The van der Waals surface area contributed by atoms with Crippen LogP contribution in [0.15, 0.2) is 40.0 Å². The molecule has 0 aromatic heterocycles. The van der Waals surface area contributed by atoms with E-state index in [0.29, 0.717) is 0 Å². The van der Waals surface area contributed by atoms with Crippen molar-refractivity contribution >= 4 is 30.3 Å². The normalized spacial score (nSPS) is 20.9. The lowest BCUT2D eigenvalue weighted by Gasteiger charge is -2.22. The van der Waals surface area contributed by atoms with Crippen molar-refractivity contribution in [2.45, 2.75) is 19.3 Å². The Balaban J connectivity index is 2.35. The van der Waals surface area contributed by atoms with E-state index in [4.69, 9.17) is 0 Å². The Hall–Kier alpha value is -0.700. The first-order chi connectivity index (χ1) is 7.21. The number of allylic oxidation sites excluding steroid dienone is 3. The summed E-state index contributed by atoms with van der Waals surface area (Å²) in [5.41, 5.74) is 6.16. The van der Waals surface area contributed by atoms with Crippen LogP contribution in [0.1, 0.15) is 25.0 Å². The van der Waals surface area contributed by atoms with Gasteiger partial charge in [0.15, 0.2) is 0 Å². The highest BCUT2D eigenvalue weighted by molar-refractivity contribution is 14.2. The van der Waals surface area contributed by atoms with E-state index in [-0.39, 0.29) is 26.1 Å². The summed E-state index contributed by atoms with van der Waals surface area (Å²) in [5.74, 6) is 0. The maximum atomic E-state index is 2.48. The van der Waals surface area contributed by atoms with Crippen molar-refractivity contribution in [3.8, 4) is 0 Å². The van der Waals surface area contributed by atoms with Crippen LogP contribution in [0, 0.1) is 0 Å². The number of rotatable bonds is 0. The highest BCUT2D eigenvalue weighted by Gasteiger charge is 2.35. The molecule has 1 heteroatoms. The molecule has 2 aliphatic rings. The van der Waals surface area contributed by atoms with Crippen molar-refractivity contribution in [3.05, 3.63) is 51.1 Å². The third kappa shape index (κ3) is 1.22. The summed E-state index contributed by atoms with van der Waals surface area (Å²) < 4.78 is 4.84. The third-order valence-corrected chi connectivity index (χ3v) is 5.09. The summed E-state index contributed by atoms with van der Waals surface area (Å²) in [5, 5.41) is 0. The molecule has 1 aromatic carbocycles. The van der Waals surface area contributed by atoms with Gasteiger partial charge in [0.2, 0.25) is 0 Å². The molecule has 0 amide bonds. The van der Waals surface area contributed by atoms with E-state index in [1.807, 2.05) is 0 Å². The Morgan fingerprint density at radius 2 is 1.93 bits per heavy atom. The lowest BCUT2D eigenvalue weighted by atomic mass is 9.82. The van der Waals surface area contributed by atoms with E-state index < -0.39 is 0 Å². The molecular weight excluding hydrogens is 295 g/mol. The summed E-state index contributed by atoms with van der Waals surface area (Å²) >= 11 is 0.154. The predicted octanol–water partition coefficient (Wildman–Crippen LogP) is 4.03. The van der Waals surface area contributed by atoms with Crippen LogP contribution in [-0.2, 0) is 5.41 Å². The van der Waals surface area contributed by atoms with Gasteiger partial charge in [-0.1, -0.05) is 58.8 Å². The quantitative estimate of drug-likeness (QED) is 0.635. The Kier molecular flexibility index (Phi) is 2.00. The topological polar surface area (TPSA) is 0 Å². The molecule has 15 heavy (non-hydrogen) atoms. The molecule has 0 nitrogen and oxygen atoms in total. The van der Waals surface area contributed by atoms with Gasteiger partial charge in [0.1, 0.15) is 0 Å². The van der Waals surface area contributed by atoms with Gasteiger partial charge in [0.25, 0.3) is 0 Å². The van der Waals surface area contributed by atoms with E-state index >= 15 is 0 Å². The molecule has 1 aliphatic heterocycles. The van der Waals surface area contributed by atoms with Crippen LogP contribution < -0.4 is 0 Å². The summed E-state index contributed by atoms with van der Waals surface area (Å²) in [7, 11) is 0.